The molecular formula is C23H26N4O3S2. The number of amides is 1. The zero-order valence-corrected chi connectivity index (χ0v) is 19.8. The van der Waals surface area contributed by atoms with Crippen LogP contribution in [-0.4, -0.2) is 41.4 Å². The molecule has 1 heterocycles. The summed E-state index contributed by atoms with van der Waals surface area (Å²) in [6, 6.07) is 16.2. The lowest BCUT2D eigenvalue weighted by Crippen LogP contribution is -2.32. The van der Waals surface area contributed by atoms with Crippen LogP contribution in [0.4, 0.5) is 5.69 Å². The third-order valence-electron chi connectivity index (χ3n) is 4.81. The molecule has 32 heavy (non-hydrogen) atoms. The highest BCUT2D eigenvalue weighted by Crippen LogP contribution is 2.23. The van der Waals surface area contributed by atoms with Crippen molar-refractivity contribution in [3.8, 4) is 0 Å². The molecule has 3 rings (SSSR count). The van der Waals surface area contributed by atoms with Crippen molar-refractivity contribution in [2.24, 2.45) is 0 Å². The van der Waals surface area contributed by atoms with Gasteiger partial charge in [-0.3, -0.25) is 4.79 Å². The van der Waals surface area contributed by atoms with E-state index in [-0.39, 0.29) is 22.3 Å². The number of aromatic nitrogens is 3. The highest BCUT2D eigenvalue weighted by atomic mass is 32.2. The van der Waals surface area contributed by atoms with Crippen LogP contribution in [0.25, 0.3) is 0 Å². The minimum Gasteiger partial charge on any atom is -0.312 e. The van der Waals surface area contributed by atoms with E-state index in [0.717, 1.165) is 11.3 Å². The molecule has 0 saturated heterocycles. The summed E-state index contributed by atoms with van der Waals surface area (Å²) in [6.45, 7) is 8.46. The predicted molar refractivity (Wildman–Crippen MR) is 127 cm³/mol. The number of nitrogens with zero attached hydrogens (tertiary/aromatic N) is 4. The van der Waals surface area contributed by atoms with Gasteiger partial charge in [0.2, 0.25) is 5.91 Å². The normalized spacial score (nSPS) is 11.3. The molecule has 1 amide bonds. The number of carbonyl (C=O) groups excluding carboxylic acids is 1. The smallest absolute Gasteiger partial charge is 0.237 e. The molecule has 0 unspecified atom stereocenters. The lowest BCUT2D eigenvalue weighted by atomic mass is 10.2. The number of carbonyl (C=O) groups is 1. The molecule has 0 N–H and O–H groups in total. The van der Waals surface area contributed by atoms with E-state index in [4.69, 9.17) is 0 Å². The van der Waals surface area contributed by atoms with Crippen molar-refractivity contribution in [1.82, 2.24) is 14.8 Å². The number of thioether (sulfide) groups is 1. The predicted octanol–water partition coefficient (Wildman–Crippen LogP) is 3.89. The third-order valence-corrected chi connectivity index (χ3v) is 7.39. The van der Waals surface area contributed by atoms with Crippen LogP contribution in [0.5, 0.6) is 0 Å². The molecule has 7 nitrogen and oxygen atoms in total. The monoisotopic (exact) mass is 470 g/mol. The van der Waals surface area contributed by atoms with E-state index >= 15 is 0 Å². The maximum Gasteiger partial charge on any atom is 0.237 e. The molecular weight excluding hydrogens is 444 g/mol. The van der Waals surface area contributed by atoms with Gasteiger partial charge >= 0.3 is 0 Å². The van der Waals surface area contributed by atoms with Gasteiger partial charge in [-0.15, -0.1) is 16.8 Å². The second kappa shape index (κ2) is 10.6. The van der Waals surface area contributed by atoms with Crippen LogP contribution in [0.3, 0.4) is 0 Å². The van der Waals surface area contributed by atoms with Crippen LogP contribution in [0.1, 0.15) is 18.3 Å². The Labute approximate surface area is 193 Å². The minimum atomic E-state index is -3.58. The summed E-state index contributed by atoms with van der Waals surface area (Å²) in [5.41, 5.74) is 1.82. The second-order valence-electron chi connectivity index (χ2n) is 7.13. The Kier molecular flexibility index (Phi) is 7.87. The maximum atomic E-state index is 12.9. The molecule has 1 aromatic heterocycles. The molecule has 2 aromatic carbocycles. The molecule has 0 aliphatic rings. The van der Waals surface area contributed by atoms with Crippen LogP contribution in [0.2, 0.25) is 0 Å². The zero-order valence-electron chi connectivity index (χ0n) is 18.1. The van der Waals surface area contributed by atoms with Gasteiger partial charge < -0.3 is 9.47 Å². The Morgan fingerprint density at radius 2 is 1.81 bits per heavy atom. The molecule has 0 aliphatic carbocycles. The zero-order chi connectivity index (χ0) is 23.1. The summed E-state index contributed by atoms with van der Waals surface area (Å²) in [7, 11) is -3.58. The maximum absolute atomic E-state index is 12.9. The first-order valence-electron chi connectivity index (χ1n) is 10.2. The Bertz CT molecular complexity index is 1170. The number of hydrogen-bond acceptors (Lipinski definition) is 6. The van der Waals surface area contributed by atoms with Gasteiger partial charge in [-0.1, -0.05) is 53.7 Å². The SMILES string of the molecule is C=CCn1c(CS(=O)(=O)c2ccc(C)cc2)nnc1SCC(=O)N(CC)c1ccccc1. The molecule has 0 saturated carbocycles. The molecule has 9 heteroatoms. The Hall–Kier alpha value is -2.91. The van der Waals surface area contributed by atoms with Crippen LogP contribution < -0.4 is 4.90 Å². The number of allylic oxidation sites excluding steroid dienone is 1. The van der Waals surface area contributed by atoms with Crippen LogP contribution in [0.15, 0.2) is 77.3 Å². The van der Waals surface area contributed by atoms with Crippen LogP contribution in [-0.2, 0) is 26.9 Å². The molecule has 3 aromatic rings. The highest BCUT2D eigenvalue weighted by molar-refractivity contribution is 7.99. The summed E-state index contributed by atoms with van der Waals surface area (Å²) in [5.74, 6) is 0.126. The number of hydrogen-bond donors (Lipinski definition) is 0. The van der Waals surface area contributed by atoms with E-state index in [1.807, 2.05) is 44.2 Å². The van der Waals surface area contributed by atoms with Crippen molar-refractivity contribution in [1.29, 1.82) is 0 Å². The van der Waals surface area contributed by atoms with Crippen molar-refractivity contribution >= 4 is 33.2 Å². The minimum absolute atomic E-state index is 0.0642. The highest BCUT2D eigenvalue weighted by Gasteiger charge is 2.22. The molecule has 168 valence electrons. The largest absolute Gasteiger partial charge is 0.312 e. The number of aryl methyl sites for hydroxylation is 1. The molecule has 0 aliphatic heterocycles. The first-order valence-corrected chi connectivity index (χ1v) is 12.8. The first kappa shape index (κ1) is 23.7. The number of benzene rings is 2. The van der Waals surface area contributed by atoms with Gasteiger partial charge in [-0.2, -0.15) is 0 Å². The van der Waals surface area contributed by atoms with E-state index in [0.29, 0.717) is 24.1 Å². The number of anilines is 1. The summed E-state index contributed by atoms with van der Waals surface area (Å²) in [4.78, 5) is 14.7. The fraction of sp³-hybridized carbons (Fsp3) is 0.261. The molecule has 0 bridgehead atoms. The first-order chi connectivity index (χ1) is 15.4. The Balaban J connectivity index is 1.76. The fourth-order valence-electron chi connectivity index (χ4n) is 3.16. The van der Waals surface area contributed by atoms with E-state index in [9.17, 15) is 13.2 Å². The molecule has 0 fully saturated rings. The lowest BCUT2D eigenvalue weighted by Gasteiger charge is -2.20. The lowest BCUT2D eigenvalue weighted by molar-refractivity contribution is -0.116. The summed E-state index contributed by atoms with van der Waals surface area (Å²) < 4.78 is 27.4. The summed E-state index contributed by atoms with van der Waals surface area (Å²) in [5, 5.41) is 8.74. The summed E-state index contributed by atoms with van der Waals surface area (Å²) >= 11 is 1.23. The number of rotatable bonds is 10. The molecule has 0 atom stereocenters. The average molecular weight is 471 g/mol. The van der Waals surface area contributed by atoms with Crippen molar-refractivity contribution in [2.45, 2.75) is 36.2 Å². The van der Waals surface area contributed by atoms with E-state index in [1.54, 1.807) is 39.8 Å². The van der Waals surface area contributed by atoms with Gasteiger partial charge in [0.05, 0.1) is 10.6 Å². The van der Waals surface area contributed by atoms with Crippen LogP contribution in [0, 0.1) is 6.92 Å². The average Bonchev–Trinajstić information content (AvgIpc) is 3.15. The van der Waals surface area contributed by atoms with Gasteiger partial charge in [-0.05, 0) is 38.1 Å². The van der Waals surface area contributed by atoms with Gasteiger partial charge in [0.1, 0.15) is 11.6 Å². The van der Waals surface area contributed by atoms with E-state index in [1.165, 1.54) is 11.8 Å². The number of para-hydroxylation sites is 1. The quantitative estimate of drug-likeness (QED) is 0.330. The van der Waals surface area contributed by atoms with Gasteiger partial charge in [0, 0.05) is 18.8 Å². The summed E-state index contributed by atoms with van der Waals surface area (Å²) in [6.07, 6.45) is 1.65. The van der Waals surface area contributed by atoms with Gasteiger partial charge in [0.25, 0.3) is 0 Å². The topological polar surface area (TPSA) is 85.2 Å². The fourth-order valence-corrected chi connectivity index (χ4v) is 5.27. The second-order valence-corrected chi connectivity index (χ2v) is 10.1. The van der Waals surface area contributed by atoms with E-state index in [2.05, 4.69) is 16.8 Å². The van der Waals surface area contributed by atoms with Crippen molar-refractivity contribution in [3.05, 3.63) is 78.6 Å². The number of sulfone groups is 1. The van der Waals surface area contributed by atoms with Crippen molar-refractivity contribution in [2.75, 3.05) is 17.2 Å². The van der Waals surface area contributed by atoms with Gasteiger partial charge in [0.15, 0.2) is 15.0 Å². The van der Waals surface area contributed by atoms with Gasteiger partial charge in [-0.25, -0.2) is 8.42 Å². The Morgan fingerprint density at radius 3 is 2.44 bits per heavy atom. The van der Waals surface area contributed by atoms with Crippen LogP contribution >= 0.6 is 11.8 Å². The van der Waals surface area contributed by atoms with Crippen molar-refractivity contribution < 1.29 is 13.2 Å². The van der Waals surface area contributed by atoms with Crippen molar-refractivity contribution in [3.63, 3.8) is 0 Å². The standard InChI is InChI=1S/C23H26N4O3S2/c1-4-15-27-21(17-32(29,30)20-13-11-18(3)12-14-20)24-25-23(27)31-16-22(28)26(5-2)19-9-7-6-8-10-19/h4,6-14H,1,5,15-17H2,2-3H3. The van der Waals surface area contributed by atoms with E-state index < -0.39 is 9.84 Å². The molecule has 0 radical (unpaired) electrons. The third kappa shape index (κ3) is 5.66. The Morgan fingerprint density at radius 1 is 1.12 bits per heavy atom. The molecule has 0 spiro atoms.